The third kappa shape index (κ3) is 5.33. The number of rotatable bonds is 8. The Morgan fingerprint density at radius 1 is 1.10 bits per heavy atom. The van der Waals surface area contributed by atoms with Gasteiger partial charge in [-0.15, -0.1) is 0 Å². The molecule has 6 nitrogen and oxygen atoms in total. The highest BCUT2D eigenvalue weighted by atomic mass is 32.2. The van der Waals surface area contributed by atoms with Gasteiger partial charge in [-0.25, -0.2) is 8.42 Å². The van der Waals surface area contributed by atoms with Gasteiger partial charge < -0.3 is 10.1 Å². The van der Waals surface area contributed by atoms with Gasteiger partial charge >= 0.3 is 0 Å². The lowest BCUT2D eigenvalue weighted by molar-refractivity contribution is -0.122. The van der Waals surface area contributed by atoms with E-state index in [1.54, 1.807) is 31.2 Å². The molecule has 0 saturated carbocycles. The number of methoxy groups -OCH3 is 1. The zero-order valence-electron chi connectivity index (χ0n) is 18.8. The summed E-state index contributed by atoms with van der Waals surface area (Å²) in [5, 5.41) is 3.01. The average molecular weight is 433 g/mol. The normalized spacial score (nSPS) is 13.4. The second-order valence-corrected chi connectivity index (χ2v) is 9.57. The molecule has 0 saturated heterocycles. The molecule has 30 heavy (non-hydrogen) atoms. The van der Waals surface area contributed by atoms with E-state index in [9.17, 15) is 13.2 Å². The SMILES string of the molecule is CCC(C(=O)NC(C)c1cc(C)c(C)cc1C)N(c1cccc(OC)c1)S(C)(=O)=O. The monoisotopic (exact) mass is 432 g/mol. The number of anilines is 1. The first-order valence-electron chi connectivity index (χ1n) is 10.0. The van der Waals surface area contributed by atoms with E-state index in [4.69, 9.17) is 4.74 Å². The van der Waals surface area contributed by atoms with Crippen molar-refractivity contribution < 1.29 is 17.9 Å². The number of carbonyl (C=O) groups is 1. The minimum absolute atomic E-state index is 0.252. The van der Waals surface area contributed by atoms with Crippen LogP contribution in [0.3, 0.4) is 0 Å². The predicted octanol–water partition coefficient (Wildman–Crippen LogP) is 4.04. The number of hydrogen-bond donors (Lipinski definition) is 1. The Hall–Kier alpha value is -2.54. The molecule has 0 aliphatic heterocycles. The van der Waals surface area contributed by atoms with Gasteiger partial charge in [0.05, 0.1) is 25.1 Å². The van der Waals surface area contributed by atoms with Gasteiger partial charge in [-0.2, -0.15) is 0 Å². The number of nitrogens with one attached hydrogen (secondary N) is 1. The van der Waals surface area contributed by atoms with Crippen molar-refractivity contribution in [1.29, 1.82) is 0 Å². The van der Waals surface area contributed by atoms with Crippen LogP contribution >= 0.6 is 0 Å². The molecule has 164 valence electrons. The Morgan fingerprint density at radius 2 is 1.73 bits per heavy atom. The molecule has 2 rings (SSSR count). The summed E-state index contributed by atoms with van der Waals surface area (Å²) in [6, 6.07) is 9.77. The number of hydrogen-bond acceptors (Lipinski definition) is 4. The first-order valence-corrected chi connectivity index (χ1v) is 11.9. The molecule has 0 aromatic heterocycles. The summed E-state index contributed by atoms with van der Waals surface area (Å²) in [4.78, 5) is 13.2. The van der Waals surface area contributed by atoms with Crippen LogP contribution in [0, 0.1) is 20.8 Å². The van der Waals surface area contributed by atoms with Crippen molar-refractivity contribution >= 4 is 21.6 Å². The van der Waals surface area contributed by atoms with Crippen LogP contribution in [0.25, 0.3) is 0 Å². The van der Waals surface area contributed by atoms with E-state index in [0.29, 0.717) is 17.9 Å². The second kappa shape index (κ2) is 9.51. The van der Waals surface area contributed by atoms with Crippen molar-refractivity contribution in [3.63, 3.8) is 0 Å². The lowest BCUT2D eigenvalue weighted by Crippen LogP contribution is -2.49. The Kier molecular flexibility index (Phi) is 7.53. The maximum atomic E-state index is 13.2. The fraction of sp³-hybridized carbons (Fsp3) is 0.435. The molecule has 0 spiro atoms. The molecule has 0 radical (unpaired) electrons. The van der Waals surface area contributed by atoms with Crippen LogP contribution < -0.4 is 14.4 Å². The Labute approximate surface area is 180 Å². The summed E-state index contributed by atoms with van der Waals surface area (Å²) in [7, 11) is -2.19. The molecular weight excluding hydrogens is 400 g/mol. The quantitative estimate of drug-likeness (QED) is 0.683. The standard InChI is InChI=1S/C23H32N2O4S/c1-8-22(25(30(7,27)28)19-10-9-11-20(14-19)29-6)23(26)24-18(5)21-13-16(3)15(2)12-17(21)4/h9-14,18,22H,8H2,1-7H3,(H,24,26). The number of benzene rings is 2. The summed E-state index contributed by atoms with van der Waals surface area (Å²) in [5.74, 6) is 0.186. The van der Waals surface area contributed by atoms with Crippen LogP contribution in [0.1, 0.15) is 48.6 Å². The average Bonchev–Trinajstić information content (AvgIpc) is 2.67. The van der Waals surface area contributed by atoms with Crippen molar-refractivity contribution in [2.24, 2.45) is 0 Å². The maximum absolute atomic E-state index is 13.2. The lowest BCUT2D eigenvalue weighted by Gasteiger charge is -2.31. The summed E-state index contributed by atoms with van der Waals surface area (Å²) in [6.07, 6.45) is 1.44. The number of carbonyl (C=O) groups excluding carboxylic acids is 1. The third-order valence-electron chi connectivity index (χ3n) is 5.35. The molecule has 2 aromatic carbocycles. The maximum Gasteiger partial charge on any atom is 0.244 e. The minimum atomic E-state index is -3.70. The highest BCUT2D eigenvalue weighted by Crippen LogP contribution is 2.27. The van der Waals surface area contributed by atoms with E-state index in [0.717, 1.165) is 22.9 Å². The molecule has 0 aliphatic carbocycles. The fourth-order valence-corrected chi connectivity index (χ4v) is 4.85. The van der Waals surface area contributed by atoms with Gasteiger partial charge in [0.2, 0.25) is 15.9 Å². The number of ether oxygens (including phenoxy) is 1. The van der Waals surface area contributed by atoms with E-state index in [1.807, 2.05) is 20.8 Å². The van der Waals surface area contributed by atoms with Crippen LogP contribution in [0.4, 0.5) is 5.69 Å². The predicted molar refractivity (Wildman–Crippen MR) is 122 cm³/mol. The van der Waals surface area contributed by atoms with Crippen LogP contribution in [-0.2, 0) is 14.8 Å². The lowest BCUT2D eigenvalue weighted by atomic mass is 9.96. The number of nitrogens with zero attached hydrogens (tertiary/aromatic N) is 1. The summed E-state index contributed by atoms with van der Waals surface area (Å²) >= 11 is 0. The van der Waals surface area contributed by atoms with E-state index in [-0.39, 0.29) is 11.9 Å². The highest BCUT2D eigenvalue weighted by Gasteiger charge is 2.32. The van der Waals surface area contributed by atoms with E-state index in [1.165, 1.54) is 17.0 Å². The molecule has 0 bridgehead atoms. The van der Waals surface area contributed by atoms with Crippen LogP contribution in [0.2, 0.25) is 0 Å². The molecule has 2 atom stereocenters. The van der Waals surface area contributed by atoms with Crippen LogP contribution in [0.15, 0.2) is 36.4 Å². The first kappa shape index (κ1) is 23.7. The Morgan fingerprint density at radius 3 is 2.30 bits per heavy atom. The van der Waals surface area contributed by atoms with E-state index < -0.39 is 16.1 Å². The van der Waals surface area contributed by atoms with Crippen LogP contribution in [0.5, 0.6) is 5.75 Å². The van der Waals surface area contributed by atoms with Gasteiger partial charge in [-0.3, -0.25) is 9.10 Å². The molecule has 0 aliphatic rings. The molecule has 0 fully saturated rings. The summed E-state index contributed by atoms with van der Waals surface area (Å²) in [6.45, 7) is 9.82. The Bertz CT molecular complexity index is 1020. The topological polar surface area (TPSA) is 75.7 Å². The summed E-state index contributed by atoms with van der Waals surface area (Å²) in [5.41, 5.74) is 4.86. The van der Waals surface area contributed by atoms with Gasteiger partial charge in [0.1, 0.15) is 11.8 Å². The van der Waals surface area contributed by atoms with Gasteiger partial charge in [0, 0.05) is 6.07 Å². The third-order valence-corrected chi connectivity index (χ3v) is 6.53. The van der Waals surface area contributed by atoms with Crippen molar-refractivity contribution in [1.82, 2.24) is 5.32 Å². The Balaban J connectivity index is 2.37. The van der Waals surface area contributed by atoms with Gasteiger partial charge in [0.15, 0.2) is 0 Å². The molecule has 7 heteroatoms. The molecule has 1 amide bonds. The molecule has 1 N–H and O–H groups in total. The minimum Gasteiger partial charge on any atom is -0.497 e. The van der Waals surface area contributed by atoms with Crippen molar-refractivity contribution in [2.75, 3.05) is 17.7 Å². The molecular formula is C23H32N2O4S. The number of aryl methyl sites for hydroxylation is 3. The van der Waals surface area contributed by atoms with Gasteiger partial charge in [-0.05, 0) is 68.5 Å². The van der Waals surface area contributed by atoms with Crippen molar-refractivity contribution in [2.45, 2.75) is 53.1 Å². The first-order chi connectivity index (χ1) is 14.0. The number of sulfonamides is 1. The zero-order chi connectivity index (χ0) is 22.6. The highest BCUT2D eigenvalue weighted by molar-refractivity contribution is 7.92. The van der Waals surface area contributed by atoms with Gasteiger partial charge in [0.25, 0.3) is 0 Å². The van der Waals surface area contributed by atoms with Crippen molar-refractivity contribution in [3.05, 3.63) is 58.7 Å². The van der Waals surface area contributed by atoms with Crippen LogP contribution in [-0.4, -0.2) is 33.7 Å². The van der Waals surface area contributed by atoms with E-state index in [2.05, 4.69) is 24.4 Å². The number of amides is 1. The molecule has 2 unspecified atom stereocenters. The second-order valence-electron chi connectivity index (χ2n) is 7.71. The van der Waals surface area contributed by atoms with Crippen molar-refractivity contribution in [3.8, 4) is 5.75 Å². The summed E-state index contributed by atoms with van der Waals surface area (Å²) < 4.78 is 31.7. The largest absolute Gasteiger partial charge is 0.497 e. The zero-order valence-corrected chi connectivity index (χ0v) is 19.6. The fourth-order valence-electron chi connectivity index (χ4n) is 3.64. The van der Waals surface area contributed by atoms with Gasteiger partial charge in [-0.1, -0.05) is 25.1 Å². The van der Waals surface area contributed by atoms with E-state index >= 15 is 0 Å². The molecule has 2 aromatic rings. The molecule has 0 heterocycles. The smallest absolute Gasteiger partial charge is 0.244 e.